The van der Waals surface area contributed by atoms with Gasteiger partial charge in [0.15, 0.2) is 5.78 Å². The van der Waals surface area contributed by atoms with Crippen molar-refractivity contribution in [2.24, 2.45) is 0 Å². The third-order valence-corrected chi connectivity index (χ3v) is 4.85. The van der Waals surface area contributed by atoms with E-state index in [-0.39, 0.29) is 5.54 Å². The van der Waals surface area contributed by atoms with Gasteiger partial charge < -0.3 is 0 Å². The monoisotopic (exact) mass is 267 g/mol. The molecule has 0 saturated carbocycles. The number of unbranched alkanes of at least 4 members (excludes halogenated alkanes) is 4. The van der Waals surface area contributed by atoms with E-state index in [4.69, 9.17) is 0 Å². The van der Waals surface area contributed by atoms with Crippen LogP contribution in [0.5, 0.6) is 0 Å². The second-order valence-corrected chi connectivity index (χ2v) is 6.26. The number of Topliss-reactive ketones (excluding diaryl/α,β-unsaturated/α-hetero) is 1. The van der Waals surface area contributed by atoms with Crippen LogP contribution in [0.1, 0.15) is 85.0 Å². The molecule has 1 atom stereocenters. The Balaban J connectivity index is 2.40. The number of carbonyl (C=O) groups is 1. The van der Waals surface area contributed by atoms with E-state index in [1.807, 2.05) is 0 Å². The largest absolute Gasteiger partial charge is 0.298 e. The van der Waals surface area contributed by atoms with Gasteiger partial charge in [0.1, 0.15) is 0 Å². The first-order chi connectivity index (χ1) is 9.15. The van der Waals surface area contributed by atoms with E-state index in [0.29, 0.717) is 5.78 Å². The first kappa shape index (κ1) is 16.7. The van der Waals surface area contributed by atoms with Crippen LogP contribution in [0.2, 0.25) is 0 Å². The van der Waals surface area contributed by atoms with Crippen molar-refractivity contribution in [2.75, 3.05) is 13.1 Å². The minimum Gasteiger partial charge on any atom is -0.298 e. The maximum absolute atomic E-state index is 12.6. The zero-order valence-corrected chi connectivity index (χ0v) is 13.3. The minimum absolute atomic E-state index is 0.189. The normalized spacial score (nSPS) is 20.2. The lowest BCUT2D eigenvalue weighted by Crippen LogP contribution is -2.53. The molecule has 2 nitrogen and oxygen atoms in total. The highest BCUT2D eigenvalue weighted by atomic mass is 16.1. The fourth-order valence-corrected chi connectivity index (χ4v) is 3.14. The van der Waals surface area contributed by atoms with Crippen molar-refractivity contribution in [3.05, 3.63) is 0 Å². The standard InChI is InChI=1S/C17H33NO/c1-4-6-7-8-10-13-16(19)17(3,5-2)18-14-11-9-12-15-18/h4-15H2,1-3H3. The van der Waals surface area contributed by atoms with Crippen molar-refractivity contribution in [1.29, 1.82) is 0 Å². The molecule has 19 heavy (non-hydrogen) atoms. The Morgan fingerprint density at radius 1 is 1.00 bits per heavy atom. The molecule has 0 aromatic rings. The lowest BCUT2D eigenvalue weighted by Gasteiger charge is -2.42. The van der Waals surface area contributed by atoms with Crippen LogP contribution in [0.15, 0.2) is 0 Å². The predicted octanol–water partition coefficient (Wildman–Crippen LogP) is 4.57. The third-order valence-electron chi connectivity index (χ3n) is 4.85. The predicted molar refractivity (Wildman–Crippen MR) is 82.5 cm³/mol. The number of nitrogens with zero attached hydrogens (tertiary/aromatic N) is 1. The second-order valence-electron chi connectivity index (χ2n) is 6.26. The van der Waals surface area contributed by atoms with Gasteiger partial charge in [0.2, 0.25) is 0 Å². The Morgan fingerprint density at radius 3 is 2.21 bits per heavy atom. The summed E-state index contributed by atoms with van der Waals surface area (Å²) < 4.78 is 0. The molecule has 0 aromatic heterocycles. The van der Waals surface area contributed by atoms with Crippen LogP contribution >= 0.6 is 0 Å². The molecule has 0 aliphatic carbocycles. The highest BCUT2D eigenvalue weighted by Gasteiger charge is 2.36. The first-order valence-corrected chi connectivity index (χ1v) is 8.43. The van der Waals surface area contributed by atoms with E-state index in [1.165, 1.54) is 44.9 Å². The van der Waals surface area contributed by atoms with Gasteiger partial charge in [-0.05, 0) is 45.7 Å². The van der Waals surface area contributed by atoms with Crippen molar-refractivity contribution in [2.45, 2.75) is 90.5 Å². The Labute approximate surface area is 119 Å². The summed E-state index contributed by atoms with van der Waals surface area (Å²) in [4.78, 5) is 15.0. The number of rotatable bonds is 9. The molecule has 1 unspecified atom stereocenters. The number of likely N-dealkylation sites (tertiary alicyclic amines) is 1. The van der Waals surface area contributed by atoms with Crippen LogP contribution < -0.4 is 0 Å². The summed E-state index contributed by atoms with van der Waals surface area (Å²) >= 11 is 0. The molecular formula is C17H33NO. The maximum Gasteiger partial charge on any atom is 0.152 e. The zero-order valence-electron chi connectivity index (χ0n) is 13.3. The topological polar surface area (TPSA) is 20.3 Å². The molecule has 1 heterocycles. The van der Waals surface area contributed by atoms with Gasteiger partial charge in [-0.15, -0.1) is 0 Å². The number of carbonyl (C=O) groups excluding carboxylic acids is 1. The van der Waals surface area contributed by atoms with Crippen molar-refractivity contribution >= 4 is 5.78 Å². The summed E-state index contributed by atoms with van der Waals surface area (Å²) in [5.74, 6) is 0.480. The van der Waals surface area contributed by atoms with Gasteiger partial charge in [-0.25, -0.2) is 0 Å². The van der Waals surface area contributed by atoms with Crippen LogP contribution in [0, 0.1) is 0 Å². The molecule has 0 aromatic carbocycles. The molecule has 1 fully saturated rings. The first-order valence-electron chi connectivity index (χ1n) is 8.43. The highest BCUT2D eigenvalue weighted by Crippen LogP contribution is 2.27. The lowest BCUT2D eigenvalue weighted by atomic mass is 9.86. The minimum atomic E-state index is -0.189. The van der Waals surface area contributed by atoms with Crippen LogP contribution in [-0.2, 0) is 4.79 Å². The Kier molecular flexibility index (Phi) is 7.67. The zero-order chi connectivity index (χ0) is 14.1. The van der Waals surface area contributed by atoms with E-state index in [9.17, 15) is 4.79 Å². The van der Waals surface area contributed by atoms with Crippen molar-refractivity contribution in [1.82, 2.24) is 4.90 Å². The van der Waals surface area contributed by atoms with E-state index in [1.54, 1.807) is 0 Å². The van der Waals surface area contributed by atoms with Gasteiger partial charge >= 0.3 is 0 Å². The second kappa shape index (κ2) is 8.73. The number of ketones is 1. The molecule has 0 N–H and O–H groups in total. The van der Waals surface area contributed by atoms with Crippen molar-refractivity contribution < 1.29 is 4.79 Å². The molecule has 1 rings (SSSR count). The average molecular weight is 267 g/mol. The van der Waals surface area contributed by atoms with E-state index in [2.05, 4.69) is 25.7 Å². The number of piperidine rings is 1. The Hall–Kier alpha value is -0.370. The Bertz CT molecular complexity index is 258. The molecule has 1 saturated heterocycles. The number of hydrogen-bond acceptors (Lipinski definition) is 2. The Morgan fingerprint density at radius 2 is 1.63 bits per heavy atom. The molecule has 1 aliphatic rings. The van der Waals surface area contributed by atoms with Gasteiger partial charge in [0.05, 0.1) is 5.54 Å². The maximum atomic E-state index is 12.6. The van der Waals surface area contributed by atoms with Gasteiger partial charge in [0, 0.05) is 6.42 Å². The van der Waals surface area contributed by atoms with Crippen LogP contribution in [-0.4, -0.2) is 29.3 Å². The van der Waals surface area contributed by atoms with E-state index < -0.39 is 0 Å². The quantitative estimate of drug-likeness (QED) is 0.570. The van der Waals surface area contributed by atoms with Crippen LogP contribution in [0.25, 0.3) is 0 Å². The number of hydrogen-bond donors (Lipinski definition) is 0. The van der Waals surface area contributed by atoms with Crippen molar-refractivity contribution in [3.63, 3.8) is 0 Å². The summed E-state index contributed by atoms with van der Waals surface area (Å²) in [6.45, 7) is 8.81. The molecule has 0 radical (unpaired) electrons. The molecule has 112 valence electrons. The summed E-state index contributed by atoms with van der Waals surface area (Å²) in [7, 11) is 0. The van der Waals surface area contributed by atoms with Gasteiger partial charge in [-0.2, -0.15) is 0 Å². The molecule has 0 bridgehead atoms. The van der Waals surface area contributed by atoms with Crippen LogP contribution in [0.3, 0.4) is 0 Å². The fraction of sp³-hybridized carbons (Fsp3) is 0.941. The average Bonchev–Trinajstić information content (AvgIpc) is 2.46. The molecule has 1 aliphatic heterocycles. The van der Waals surface area contributed by atoms with Crippen molar-refractivity contribution in [3.8, 4) is 0 Å². The smallest absolute Gasteiger partial charge is 0.152 e. The summed E-state index contributed by atoms with van der Waals surface area (Å²) in [5, 5.41) is 0. The summed E-state index contributed by atoms with van der Waals surface area (Å²) in [5.41, 5.74) is -0.189. The molecule has 0 spiro atoms. The van der Waals surface area contributed by atoms with E-state index >= 15 is 0 Å². The van der Waals surface area contributed by atoms with E-state index in [0.717, 1.165) is 32.4 Å². The summed E-state index contributed by atoms with van der Waals surface area (Å²) in [6.07, 6.45) is 11.8. The fourth-order valence-electron chi connectivity index (χ4n) is 3.14. The SMILES string of the molecule is CCCCCCCC(=O)C(C)(CC)N1CCCCC1. The van der Waals surface area contributed by atoms with Crippen LogP contribution in [0.4, 0.5) is 0 Å². The summed E-state index contributed by atoms with van der Waals surface area (Å²) in [6, 6.07) is 0. The van der Waals surface area contributed by atoms with Gasteiger partial charge in [-0.3, -0.25) is 9.69 Å². The molecular weight excluding hydrogens is 234 g/mol. The molecule has 2 heteroatoms. The highest BCUT2D eigenvalue weighted by molar-refractivity contribution is 5.87. The van der Waals surface area contributed by atoms with Gasteiger partial charge in [-0.1, -0.05) is 46.0 Å². The lowest BCUT2D eigenvalue weighted by molar-refractivity contribution is -0.131. The molecule has 0 amide bonds. The van der Waals surface area contributed by atoms with Gasteiger partial charge in [0.25, 0.3) is 0 Å². The third kappa shape index (κ3) is 4.91.